The Bertz CT molecular complexity index is 320. The third kappa shape index (κ3) is 2.05. The van der Waals surface area contributed by atoms with Gasteiger partial charge in [0.15, 0.2) is 0 Å². The van der Waals surface area contributed by atoms with E-state index in [-0.39, 0.29) is 5.92 Å². The molecule has 0 fully saturated rings. The fraction of sp³-hybridized carbons (Fsp3) is 0.364. The molecule has 3 heteroatoms. The Labute approximate surface area is 83.6 Å². The van der Waals surface area contributed by atoms with Crippen LogP contribution in [0.4, 0.5) is 0 Å². The van der Waals surface area contributed by atoms with Crippen LogP contribution in [-0.2, 0) is 4.79 Å². The Morgan fingerprint density at radius 2 is 2.00 bits per heavy atom. The topological polar surface area (TPSA) is 35.5 Å². The van der Waals surface area contributed by atoms with Crippen LogP contribution in [0.25, 0.3) is 0 Å². The Kier molecular flexibility index (Phi) is 3.51. The van der Waals surface area contributed by atoms with Gasteiger partial charge in [0.25, 0.3) is 0 Å². The van der Waals surface area contributed by atoms with E-state index in [1.807, 2.05) is 19.1 Å². The van der Waals surface area contributed by atoms with Crippen LogP contribution in [0.1, 0.15) is 18.4 Å². The number of hydrogen-bond donors (Lipinski definition) is 0. The van der Waals surface area contributed by atoms with Gasteiger partial charge >= 0.3 is 0 Å². The van der Waals surface area contributed by atoms with Gasteiger partial charge in [0.1, 0.15) is 17.8 Å². The molecule has 1 rings (SSSR count). The van der Waals surface area contributed by atoms with Crippen molar-refractivity contribution in [3.05, 3.63) is 23.8 Å². The molecule has 0 aliphatic carbocycles. The second-order valence-electron chi connectivity index (χ2n) is 3.03. The molecule has 0 aliphatic heterocycles. The number of hydrogen-bond acceptors (Lipinski definition) is 3. The molecule has 0 heterocycles. The molecule has 1 unspecified atom stereocenters. The predicted molar refractivity (Wildman–Crippen MR) is 54.0 cm³/mol. The fourth-order valence-electron chi connectivity index (χ4n) is 1.27. The second kappa shape index (κ2) is 4.65. The first kappa shape index (κ1) is 10.6. The van der Waals surface area contributed by atoms with Crippen LogP contribution in [0.15, 0.2) is 18.2 Å². The highest BCUT2D eigenvalue weighted by molar-refractivity contribution is 5.64. The molecule has 0 aromatic heterocycles. The third-order valence-corrected chi connectivity index (χ3v) is 2.14. The lowest BCUT2D eigenvalue weighted by Gasteiger charge is -2.11. The van der Waals surface area contributed by atoms with Gasteiger partial charge < -0.3 is 14.3 Å². The van der Waals surface area contributed by atoms with Crippen LogP contribution < -0.4 is 9.47 Å². The summed E-state index contributed by atoms with van der Waals surface area (Å²) in [5.41, 5.74) is 0.878. The van der Waals surface area contributed by atoms with Gasteiger partial charge in [-0.15, -0.1) is 0 Å². The first-order valence-electron chi connectivity index (χ1n) is 4.40. The molecule has 0 spiro atoms. The number of carbonyl (C=O) groups excluding carboxylic acids is 1. The van der Waals surface area contributed by atoms with Gasteiger partial charge in [-0.05, 0) is 6.07 Å². The van der Waals surface area contributed by atoms with Gasteiger partial charge in [0.05, 0.1) is 14.2 Å². The van der Waals surface area contributed by atoms with Crippen LogP contribution >= 0.6 is 0 Å². The van der Waals surface area contributed by atoms with Gasteiger partial charge in [-0.2, -0.15) is 0 Å². The maximum absolute atomic E-state index is 10.6. The quantitative estimate of drug-likeness (QED) is 0.688. The van der Waals surface area contributed by atoms with Gasteiger partial charge in [-0.25, -0.2) is 0 Å². The molecule has 1 aromatic carbocycles. The van der Waals surface area contributed by atoms with Gasteiger partial charge in [-0.3, -0.25) is 0 Å². The molecule has 1 atom stereocenters. The van der Waals surface area contributed by atoms with E-state index in [0.29, 0.717) is 5.75 Å². The van der Waals surface area contributed by atoms with E-state index in [9.17, 15) is 4.79 Å². The van der Waals surface area contributed by atoms with Crippen molar-refractivity contribution in [1.29, 1.82) is 0 Å². The van der Waals surface area contributed by atoms with Crippen molar-refractivity contribution in [2.75, 3.05) is 14.2 Å². The molecular weight excluding hydrogens is 180 g/mol. The van der Waals surface area contributed by atoms with E-state index in [2.05, 4.69) is 0 Å². The zero-order chi connectivity index (χ0) is 10.6. The summed E-state index contributed by atoms with van der Waals surface area (Å²) < 4.78 is 10.2. The Morgan fingerprint density at radius 1 is 1.29 bits per heavy atom. The zero-order valence-electron chi connectivity index (χ0n) is 8.61. The number of rotatable bonds is 4. The summed E-state index contributed by atoms with van der Waals surface area (Å²) in [5.74, 6) is 1.25. The lowest BCUT2D eigenvalue weighted by Crippen LogP contribution is -1.99. The number of carbonyl (C=O) groups is 1. The lowest BCUT2D eigenvalue weighted by atomic mass is 10.0. The number of benzene rings is 1. The monoisotopic (exact) mass is 194 g/mol. The molecule has 0 radical (unpaired) electrons. The minimum Gasteiger partial charge on any atom is -0.497 e. The standard InChI is InChI=1S/C11H14O3/c1-8(7-12)10-5-4-9(13-2)6-11(10)14-3/h4-8H,1-3H3. The van der Waals surface area contributed by atoms with Crippen molar-refractivity contribution in [2.45, 2.75) is 12.8 Å². The molecule has 0 N–H and O–H groups in total. The van der Waals surface area contributed by atoms with Crippen molar-refractivity contribution in [3.63, 3.8) is 0 Å². The Balaban J connectivity index is 3.10. The summed E-state index contributed by atoms with van der Waals surface area (Å²) in [7, 11) is 3.17. The summed E-state index contributed by atoms with van der Waals surface area (Å²) in [6, 6.07) is 5.43. The van der Waals surface area contributed by atoms with Crippen molar-refractivity contribution in [2.24, 2.45) is 0 Å². The first-order chi connectivity index (χ1) is 6.72. The third-order valence-electron chi connectivity index (χ3n) is 2.14. The molecule has 14 heavy (non-hydrogen) atoms. The van der Waals surface area contributed by atoms with Gasteiger partial charge in [0.2, 0.25) is 0 Å². The van der Waals surface area contributed by atoms with Crippen molar-refractivity contribution >= 4 is 6.29 Å². The van der Waals surface area contributed by atoms with E-state index in [0.717, 1.165) is 17.6 Å². The van der Waals surface area contributed by atoms with Crippen molar-refractivity contribution < 1.29 is 14.3 Å². The Morgan fingerprint density at radius 3 is 2.50 bits per heavy atom. The normalized spacial score (nSPS) is 11.9. The highest BCUT2D eigenvalue weighted by Crippen LogP contribution is 2.29. The fourth-order valence-corrected chi connectivity index (χ4v) is 1.27. The summed E-state index contributed by atoms with van der Waals surface area (Å²) in [6.45, 7) is 1.83. The lowest BCUT2D eigenvalue weighted by molar-refractivity contribution is -0.108. The van der Waals surface area contributed by atoms with Crippen LogP contribution in [0.5, 0.6) is 11.5 Å². The summed E-state index contributed by atoms with van der Waals surface area (Å²) in [6.07, 6.45) is 0.893. The molecule has 0 amide bonds. The highest BCUT2D eigenvalue weighted by Gasteiger charge is 2.10. The second-order valence-corrected chi connectivity index (χ2v) is 3.03. The summed E-state index contributed by atoms with van der Waals surface area (Å²) in [5, 5.41) is 0. The SMILES string of the molecule is COc1ccc(C(C)C=O)c(OC)c1. The maximum atomic E-state index is 10.6. The van der Waals surface area contributed by atoms with Crippen LogP contribution in [-0.4, -0.2) is 20.5 Å². The van der Waals surface area contributed by atoms with Crippen molar-refractivity contribution in [3.8, 4) is 11.5 Å². The first-order valence-corrected chi connectivity index (χ1v) is 4.40. The number of ether oxygens (including phenoxy) is 2. The molecule has 0 bridgehead atoms. The molecule has 3 nitrogen and oxygen atoms in total. The molecule has 0 aliphatic rings. The van der Waals surface area contributed by atoms with Crippen LogP contribution in [0.2, 0.25) is 0 Å². The van der Waals surface area contributed by atoms with E-state index in [4.69, 9.17) is 9.47 Å². The molecule has 0 saturated heterocycles. The van der Waals surface area contributed by atoms with E-state index >= 15 is 0 Å². The number of methoxy groups -OCH3 is 2. The summed E-state index contributed by atoms with van der Waals surface area (Å²) >= 11 is 0. The van der Waals surface area contributed by atoms with Crippen LogP contribution in [0, 0.1) is 0 Å². The van der Waals surface area contributed by atoms with Gasteiger partial charge in [0, 0.05) is 17.5 Å². The maximum Gasteiger partial charge on any atom is 0.127 e. The smallest absolute Gasteiger partial charge is 0.127 e. The van der Waals surface area contributed by atoms with Gasteiger partial charge in [-0.1, -0.05) is 13.0 Å². The molecule has 1 aromatic rings. The van der Waals surface area contributed by atoms with Crippen molar-refractivity contribution in [1.82, 2.24) is 0 Å². The highest BCUT2D eigenvalue weighted by atomic mass is 16.5. The minimum atomic E-state index is -0.157. The number of aldehydes is 1. The largest absolute Gasteiger partial charge is 0.497 e. The Hall–Kier alpha value is -1.51. The molecular formula is C11H14O3. The van der Waals surface area contributed by atoms with E-state index in [1.54, 1.807) is 20.3 Å². The molecule has 76 valence electrons. The average Bonchev–Trinajstić information content (AvgIpc) is 2.27. The predicted octanol–water partition coefficient (Wildman–Crippen LogP) is 2.01. The summed E-state index contributed by atoms with van der Waals surface area (Å²) in [4.78, 5) is 10.6. The minimum absolute atomic E-state index is 0.157. The van der Waals surface area contributed by atoms with Crippen LogP contribution in [0.3, 0.4) is 0 Å². The van der Waals surface area contributed by atoms with E-state index < -0.39 is 0 Å². The van der Waals surface area contributed by atoms with E-state index in [1.165, 1.54) is 0 Å². The molecule has 0 saturated carbocycles. The average molecular weight is 194 g/mol. The zero-order valence-corrected chi connectivity index (χ0v) is 8.61.